The van der Waals surface area contributed by atoms with Crippen molar-refractivity contribution in [2.24, 2.45) is 7.05 Å². The van der Waals surface area contributed by atoms with Crippen molar-refractivity contribution in [3.8, 4) is 0 Å². The van der Waals surface area contributed by atoms with Crippen molar-refractivity contribution in [3.63, 3.8) is 0 Å². The van der Waals surface area contributed by atoms with Gasteiger partial charge in [0.15, 0.2) is 0 Å². The second-order valence-electron chi connectivity index (χ2n) is 5.27. The third kappa shape index (κ3) is 2.16. The van der Waals surface area contributed by atoms with Gasteiger partial charge in [-0.05, 0) is 26.0 Å². The molecule has 21 heavy (non-hydrogen) atoms. The molecule has 0 aliphatic heterocycles. The highest BCUT2D eigenvalue weighted by atomic mass is 32.1. The van der Waals surface area contributed by atoms with Gasteiger partial charge in [-0.2, -0.15) is 4.57 Å². The zero-order chi connectivity index (χ0) is 15.0. The van der Waals surface area contributed by atoms with E-state index in [0.717, 1.165) is 18.0 Å². The molecule has 0 aliphatic rings. The van der Waals surface area contributed by atoms with Crippen LogP contribution in [0.2, 0.25) is 0 Å². The number of nitrogens with zero attached hydrogens (tertiary/aromatic N) is 2. The summed E-state index contributed by atoms with van der Waals surface area (Å²) in [6.07, 6.45) is 0. The van der Waals surface area contributed by atoms with Crippen LogP contribution >= 0.6 is 12.6 Å². The van der Waals surface area contributed by atoms with Crippen LogP contribution in [-0.2, 0) is 7.05 Å². The Bertz CT molecular complexity index is 807. The standard InChI is InChI=1S/C18H20N2S/c1-4-20(5-2)16-12-8-11-15-17(16)18(21)13-9-6-7-10-14(13)19(15)3/h6-12H,4-5H2,1-3H3/p+1. The molecule has 0 spiro atoms. The number of aryl methyl sites for hydroxylation is 1. The van der Waals surface area contributed by atoms with Gasteiger partial charge >= 0.3 is 0 Å². The maximum Gasteiger partial charge on any atom is 0.216 e. The Hall–Kier alpha value is -1.74. The molecule has 3 heteroatoms. The molecule has 108 valence electrons. The van der Waals surface area contributed by atoms with E-state index >= 15 is 0 Å². The fourth-order valence-corrected chi connectivity index (χ4v) is 3.53. The fourth-order valence-electron chi connectivity index (χ4n) is 3.11. The van der Waals surface area contributed by atoms with Gasteiger partial charge in [0.05, 0.1) is 16.5 Å². The van der Waals surface area contributed by atoms with Crippen LogP contribution in [0.4, 0.5) is 5.69 Å². The molecule has 0 radical (unpaired) electrons. The molecule has 0 N–H and O–H groups in total. The van der Waals surface area contributed by atoms with E-state index in [4.69, 9.17) is 12.6 Å². The molecule has 2 aromatic carbocycles. The minimum absolute atomic E-state index is 0.999. The van der Waals surface area contributed by atoms with Gasteiger partial charge in [-0.1, -0.05) is 18.2 Å². The average molecular weight is 297 g/mol. The zero-order valence-electron chi connectivity index (χ0n) is 12.8. The van der Waals surface area contributed by atoms with Gasteiger partial charge in [0.2, 0.25) is 11.0 Å². The molecule has 3 aromatic rings. The topological polar surface area (TPSA) is 7.12 Å². The number of benzene rings is 2. The first-order valence-corrected chi connectivity index (χ1v) is 7.91. The number of hydrogen-bond donors (Lipinski definition) is 1. The van der Waals surface area contributed by atoms with Crippen LogP contribution in [0, 0.1) is 0 Å². The van der Waals surface area contributed by atoms with Gasteiger partial charge < -0.3 is 4.90 Å². The largest absolute Gasteiger partial charge is 0.371 e. The van der Waals surface area contributed by atoms with Crippen molar-refractivity contribution in [3.05, 3.63) is 42.5 Å². The quantitative estimate of drug-likeness (QED) is 0.437. The van der Waals surface area contributed by atoms with Crippen LogP contribution in [0.3, 0.4) is 0 Å². The van der Waals surface area contributed by atoms with Crippen molar-refractivity contribution in [1.29, 1.82) is 0 Å². The van der Waals surface area contributed by atoms with Crippen molar-refractivity contribution < 1.29 is 4.57 Å². The normalized spacial score (nSPS) is 11.2. The lowest BCUT2D eigenvalue weighted by atomic mass is 10.1. The second-order valence-corrected chi connectivity index (χ2v) is 5.72. The highest BCUT2D eigenvalue weighted by Gasteiger charge is 2.19. The van der Waals surface area contributed by atoms with Crippen LogP contribution in [0.25, 0.3) is 21.8 Å². The molecular formula is C18H21N2S+. The van der Waals surface area contributed by atoms with Crippen molar-refractivity contribution >= 4 is 40.1 Å². The molecule has 1 aromatic heterocycles. The summed E-state index contributed by atoms with van der Waals surface area (Å²) in [6.45, 7) is 6.39. The number of fused-ring (bicyclic) bond motifs is 2. The Balaban J connectivity index is 2.48. The van der Waals surface area contributed by atoms with E-state index in [-0.39, 0.29) is 0 Å². The van der Waals surface area contributed by atoms with Gasteiger partial charge in [-0.25, -0.2) is 0 Å². The van der Waals surface area contributed by atoms with E-state index in [0.29, 0.717) is 0 Å². The SMILES string of the molecule is CCN(CC)c1cccc2c1c(S)c1ccccc1[n+]2C. The highest BCUT2D eigenvalue weighted by molar-refractivity contribution is 7.80. The molecule has 0 amide bonds. The second kappa shape index (κ2) is 5.57. The summed E-state index contributed by atoms with van der Waals surface area (Å²) in [4.78, 5) is 3.46. The van der Waals surface area contributed by atoms with Gasteiger partial charge in [0, 0.05) is 30.1 Å². The average Bonchev–Trinajstić information content (AvgIpc) is 2.53. The first-order valence-electron chi connectivity index (χ1n) is 7.46. The maximum atomic E-state index is 4.87. The third-order valence-corrected chi connectivity index (χ3v) is 4.71. The molecule has 0 unspecified atom stereocenters. The minimum Gasteiger partial charge on any atom is -0.371 e. The summed E-state index contributed by atoms with van der Waals surface area (Å²) in [7, 11) is 2.13. The van der Waals surface area contributed by atoms with E-state index in [1.54, 1.807) is 0 Å². The van der Waals surface area contributed by atoms with Gasteiger partial charge in [-0.15, -0.1) is 12.6 Å². The summed E-state index contributed by atoms with van der Waals surface area (Å²) >= 11 is 4.87. The number of pyridine rings is 1. The Labute approximate surface area is 131 Å². The Morgan fingerprint density at radius 2 is 1.62 bits per heavy atom. The van der Waals surface area contributed by atoms with Crippen LogP contribution < -0.4 is 9.47 Å². The van der Waals surface area contributed by atoms with E-state index in [1.807, 2.05) is 0 Å². The number of para-hydroxylation sites is 1. The summed E-state index contributed by atoms with van der Waals surface area (Å²) in [6, 6.07) is 15.0. The van der Waals surface area contributed by atoms with Crippen LogP contribution in [0.15, 0.2) is 47.4 Å². The summed E-state index contributed by atoms with van der Waals surface area (Å²) in [5, 5.41) is 2.45. The van der Waals surface area contributed by atoms with E-state index < -0.39 is 0 Å². The molecule has 3 rings (SSSR count). The molecule has 0 aliphatic carbocycles. The molecule has 0 saturated heterocycles. The van der Waals surface area contributed by atoms with Gasteiger partial charge in [0.25, 0.3) is 0 Å². The zero-order valence-corrected chi connectivity index (χ0v) is 13.7. The predicted octanol–water partition coefficient (Wildman–Crippen LogP) is 3.95. The lowest BCUT2D eigenvalue weighted by molar-refractivity contribution is -0.617. The summed E-state index contributed by atoms with van der Waals surface area (Å²) in [5.41, 5.74) is 3.71. The van der Waals surface area contributed by atoms with Crippen molar-refractivity contribution in [2.45, 2.75) is 18.7 Å². The highest BCUT2D eigenvalue weighted by Crippen LogP contribution is 2.34. The number of hydrogen-bond acceptors (Lipinski definition) is 2. The molecule has 0 bridgehead atoms. The Morgan fingerprint density at radius 1 is 0.952 bits per heavy atom. The molecule has 0 atom stereocenters. The van der Waals surface area contributed by atoms with Crippen molar-refractivity contribution in [1.82, 2.24) is 0 Å². The summed E-state index contributed by atoms with van der Waals surface area (Å²) in [5.74, 6) is 0. The number of aromatic nitrogens is 1. The van der Waals surface area contributed by atoms with Crippen molar-refractivity contribution in [2.75, 3.05) is 18.0 Å². The maximum absolute atomic E-state index is 4.87. The fraction of sp³-hybridized carbons (Fsp3) is 0.278. The Morgan fingerprint density at radius 3 is 2.33 bits per heavy atom. The third-order valence-electron chi connectivity index (χ3n) is 4.24. The lowest BCUT2D eigenvalue weighted by Crippen LogP contribution is -2.31. The van der Waals surface area contributed by atoms with Crippen LogP contribution in [0.1, 0.15) is 13.8 Å². The number of rotatable bonds is 3. The molecule has 1 heterocycles. The van der Waals surface area contributed by atoms with E-state index in [1.165, 1.54) is 27.5 Å². The lowest BCUT2D eigenvalue weighted by Gasteiger charge is -2.23. The monoisotopic (exact) mass is 297 g/mol. The minimum atomic E-state index is 0.999. The van der Waals surface area contributed by atoms with E-state index in [2.05, 4.69) is 72.8 Å². The van der Waals surface area contributed by atoms with Gasteiger partial charge in [-0.3, -0.25) is 0 Å². The molecule has 0 saturated carbocycles. The number of anilines is 1. The molecular weight excluding hydrogens is 276 g/mol. The predicted molar refractivity (Wildman–Crippen MR) is 93.4 cm³/mol. The van der Waals surface area contributed by atoms with Crippen LogP contribution in [0.5, 0.6) is 0 Å². The first-order chi connectivity index (χ1) is 10.2. The molecule has 2 nitrogen and oxygen atoms in total. The Kier molecular flexibility index (Phi) is 3.77. The first kappa shape index (κ1) is 14.2. The number of thiol groups is 1. The van der Waals surface area contributed by atoms with E-state index in [9.17, 15) is 0 Å². The summed E-state index contributed by atoms with van der Waals surface area (Å²) < 4.78 is 2.26. The smallest absolute Gasteiger partial charge is 0.216 e. The van der Waals surface area contributed by atoms with Gasteiger partial charge in [0.1, 0.15) is 7.05 Å². The van der Waals surface area contributed by atoms with Crippen LogP contribution in [-0.4, -0.2) is 13.1 Å². The molecule has 0 fully saturated rings.